The Morgan fingerprint density at radius 1 is 0.821 bits per heavy atom. The van der Waals surface area contributed by atoms with Crippen molar-refractivity contribution in [3.63, 3.8) is 0 Å². The number of sulfonamides is 1. The number of nitrogens with zero attached hydrogens (tertiary/aromatic N) is 1. The minimum Gasteiger partial charge on any atom is -0.321 e. The molecule has 4 aromatic rings. The van der Waals surface area contributed by atoms with E-state index in [2.05, 4.69) is 40.9 Å². The van der Waals surface area contributed by atoms with Gasteiger partial charge < -0.3 is 5.32 Å². The van der Waals surface area contributed by atoms with E-state index >= 15 is 0 Å². The van der Waals surface area contributed by atoms with Crippen LogP contribution in [0.3, 0.4) is 0 Å². The number of hydrogen-bond donors (Lipinski definition) is 2. The van der Waals surface area contributed by atoms with Crippen LogP contribution in [0.15, 0.2) is 95.9 Å². The second-order valence-corrected chi connectivity index (χ2v) is 12.4. The Hall–Kier alpha value is -3.52. The summed E-state index contributed by atoms with van der Waals surface area (Å²) in [7, 11) is -3.81. The lowest BCUT2D eigenvalue weighted by Gasteiger charge is -2.41. The highest BCUT2D eigenvalue weighted by molar-refractivity contribution is 7.89. The fraction of sp³-hybridized carbons (Fsp3) is 0.281. The van der Waals surface area contributed by atoms with Crippen LogP contribution in [0.5, 0.6) is 0 Å². The zero-order chi connectivity index (χ0) is 27.6. The molecule has 3 atom stereocenters. The molecule has 5 rings (SSSR count). The van der Waals surface area contributed by atoms with E-state index in [4.69, 9.17) is 0 Å². The van der Waals surface area contributed by atoms with E-state index in [0.717, 1.165) is 25.2 Å². The van der Waals surface area contributed by atoms with Crippen molar-refractivity contribution in [2.45, 2.75) is 38.3 Å². The molecule has 1 amide bonds. The zero-order valence-corrected chi connectivity index (χ0v) is 23.4. The monoisotopic (exact) mass is 541 g/mol. The molecule has 1 fully saturated rings. The van der Waals surface area contributed by atoms with E-state index < -0.39 is 10.0 Å². The van der Waals surface area contributed by atoms with Gasteiger partial charge in [-0.1, -0.05) is 86.6 Å². The molecule has 2 N–H and O–H groups in total. The predicted octanol–water partition coefficient (Wildman–Crippen LogP) is 5.84. The van der Waals surface area contributed by atoms with Gasteiger partial charge in [0.15, 0.2) is 0 Å². The number of likely N-dealkylation sites (tertiary alicyclic amines) is 1. The van der Waals surface area contributed by atoms with Gasteiger partial charge in [0.25, 0.3) is 5.91 Å². The van der Waals surface area contributed by atoms with Crippen LogP contribution in [0, 0.1) is 18.8 Å². The van der Waals surface area contributed by atoms with Gasteiger partial charge in [-0.05, 0) is 48.1 Å². The van der Waals surface area contributed by atoms with Crippen molar-refractivity contribution in [2.24, 2.45) is 11.8 Å². The molecule has 6 nitrogen and oxygen atoms in total. The average molecular weight is 542 g/mol. The maximum Gasteiger partial charge on any atom is 0.255 e. The van der Waals surface area contributed by atoms with E-state index in [1.807, 2.05) is 61.5 Å². The first kappa shape index (κ1) is 27.1. The molecule has 1 aliphatic rings. The van der Waals surface area contributed by atoms with E-state index in [-0.39, 0.29) is 28.7 Å². The summed E-state index contributed by atoms with van der Waals surface area (Å²) in [5.41, 5.74) is 3.30. The molecule has 0 radical (unpaired) electrons. The summed E-state index contributed by atoms with van der Waals surface area (Å²) in [5, 5.41) is 4.24. The number of rotatable bonds is 7. The van der Waals surface area contributed by atoms with Crippen LogP contribution in [0.1, 0.15) is 35.3 Å². The maximum atomic E-state index is 13.8. The number of anilines is 1. The summed E-state index contributed by atoms with van der Waals surface area (Å²) in [5.74, 6) is 0.0641. The fourth-order valence-corrected chi connectivity index (χ4v) is 7.42. The lowest BCUT2D eigenvalue weighted by molar-refractivity contribution is 0.102. The molecule has 1 heterocycles. The lowest BCUT2D eigenvalue weighted by atomic mass is 9.86. The molecule has 0 spiro atoms. The topological polar surface area (TPSA) is 78.5 Å². The summed E-state index contributed by atoms with van der Waals surface area (Å²) in [4.78, 5) is 15.6. The van der Waals surface area contributed by atoms with Crippen LogP contribution in [0.2, 0.25) is 0 Å². The van der Waals surface area contributed by atoms with Gasteiger partial charge in [-0.2, -0.15) is 0 Å². The Balaban J connectivity index is 1.37. The van der Waals surface area contributed by atoms with Crippen LogP contribution in [0.4, 0.5) is 5.69 Å². The number of benzene rings is 4. The first-order chi connectivity index (χ1) is 18.7. The van der Waals surface area contributed by atoms with Crippen molar-refractivity contribution < 1.29 is 13.2 Å². The van der Waals surface area contributed by atoms with Gasteiger partial charge in [-0.15, -0.1) is 0 Å². The fourth-order valence-electron chi connectivity index (χ4n) is 5.75. The third-order valence-electron chi connectivity index (χ3n) is 7.67. The molecular weight excluding hydrogens is 506 g/mol. The van der Waals surface area contributed by atoms with E-state index in [9.17, 15) is 13.2 Å². The van der Waals surface area contributed by atoms with Gasteiger partial charge >= 0.3 is 0 Å². The van der Waals surface area contributed by atoms with Gasteiger partial charge in [-0.3, -0.25) is 9.69 Å². The predicted molar refractivity (Wildman–Crippen MR) is 157 cm³/mol. The molecule has 1 aliphatic heterocycles. The first-order valence-electron chi connectivity index (χ1n) is 13.4. The minimum absolute atomic E-state index is 0.145. The Bertz CT molecular complexity index is 1580. The average Bonchev–Trinajstić information content (AvgIpc) is 2.91. The normalized spacial score (nSPS) is 20.1. The van der Waals surface area contributed by atoms with Gasteiger partial charge in [-0.25, -0.2) is 13.1 Å². The Labute approximate surface area is 231 Å². The largest absolute Gasteiger partial charge is 0.321 e. The molecule has 0 saturated carbocycles. The first-order valence-corrected chi connectivity index (χ1v) is 14.9. The molecule has 0 aromatic heterocycles. The molecule has 7 heteroatoms. The lowest BCUT2D eigenvalue weighted by Crippen LogP contribution is -2.54. The molecule has 0 aliphatic carbocycles. The van der Waals surface area contributed by atoms with Crippen molar-refractivity contribution in [1.82, 2.24) is 9.62 Å². The molecule has 202 valence electrons. The third kappa shape index (κ3) is 5.91. The van der Waals surface area contributed by atoms with Crippen molar-refractivity contribution in [2.75, 3.05) is 18.4 Å². The van der Waals surface area contributed by atoms with E-state index in [1.165, 1.54) is 5.56 Å². The Morgan fingerprint density at radius 3 is 2.13 bits per heavy atom. The van der Waals surface area contributed by atoms with Crippen LogP contribution in [0.25, 0.3) is 10.8 Å². The molecule has 1 saturated heterocycles. The second-order valence-electron chi connectivity index (χ2n) is 10.7. The van der Waals surface area contributed by atoms with Crippen molar-refractivity contribution in [3.05, 3.63) is 108 Å². The van der Waals surface area contributed by atoms with Crippen LogP contribution < -0.4 is 10.0 Å². The third-order valence-corrected chi connectivity index (χ3v) is 9.19. The van der Waals surface area contributed by atoms with Crippen molar-refractivity contribution in [1.29, 1.82) is 0 Å². The number of nitrogens with one attached hydrogen (secondary N) is 2. The summed E-state index contributed by atoms with van der Waals surface area (Å²) in [6.07, 6.45) is 0. The highest BCUT2D eigenvalue weighted by Crippen LogP contribution is 2.32. The number of piperidine rings is 1. The number of aryl methyl sites for hydroxylation is 1. The Kier molecular flexibility index (Phi) is 7.84. The van der Waals surface area contributed by atoms with Crippen molar-refractivity contribution in [3.8, 4) is 0 Å². The summed E-state index contributed by atoms with van der Waals surface area (Å²) < 4.78 is 30.6. The summed E-state index contributed by atoms with van der Waals surface area (Å²) >= 11 is 0. The van der Waals surface area contributed by atoms with Crippen LogP contribution >= 0.6 is 0 Å². The van der Waals surface area contributed by atoms with Crippen LogP contribution in [-0.4, -0.2) is 38.4 Å². The highest BCUT2D eigenvalue weighted by atomic mass is 32.2. The van der Waals surface area contributed by atoms with Crippen LogP contribution in [-0.2, 0) is 16.6 Å². The maximum absolute atomic E-state index is 13.8. The molecular formula is C32H35N3O3S. The molecule has 4 aromatic carbocycles. The molecule has 0 bridgehead atoms. The number of carbonyl (C=O) groups is 1. The Morgan fingerprint density at radius 2 is 1.44 bits per heavy atom. The summed E-state index contributed by atoms with van der Waals surface area (Å²) in [6, 6.07) is 28.2. The zero-order valence-electron chi connectivity index (χ0n) is 22.6. The summed E-state index contributed by atoms with van der Waals surface area (Å²) in [6.45, 7) is 8.61. The second kappa shape index (κ2) is 11.3. The quantitative estimate of drug-likeness (QED) is 0.308. The number of fused-ring (bicyclic) bond motifs is 1. The highest BCUT2D eigenvalue weighted by Gasteiger charge is 2.35. The number of hydrogen-bond acceptors (Lipinski definition) is 4. The molecule has 2 unspecified atom stereocenters. The SMILES string of the molecule is Cc1ccccc1C(=O)Nc1ccc(S(=O)(=O)NC2C(C)CN(Cc3ccccc3)C[C@@H]2C)c2ccccc12. The van der Waals surface area contributed by atoms with Gasteiger partial charge in [0.05, 0.1) is 4.90 Å². The van der Waals surface area contributed by atoms with Gasteiger partial charge in [0.1, 0.15) is 0 Å². The number of carbonyl (C=O) groups excluding carboxylic acids is 1. The van der Waals surface area contributed by atoms with E-state index in [1.54, 1.807) is 24.3 Å². The van der Waals surface area contributed by atoms with Gasteiger partial charge in [0.2, 0.25) is 10.0 Å². The minimum atomic E-state index is -3.81. The van der Waals surface area contributed by atoms with Crippen molar-refractivity contribution >= 4 is 32.4 Å². The van der Waals surface area contributed by atoms with E-state index in [0.29, 0.717) is 22.0 Å². The van der Waals surface area contributed by atoms with Gasteiger partial charge in [0, 0.05) is 47.7 Å². The smallest absolute Gasteiger partial charge is 0.255 e. The standard InChI is InChI=1S/C32H35N3O3S/c1-22-11-7-8-14-26(22)32(36)33-29-17-18-30(28-16-10-9-15-27(28)29)39(37,38)34-31-23(2)19-35(20-24(31)3)21-25-12-5-4-6-13-25/h4-18,23-24,31,34H,19-21H2,1-3H3,(H,33,36)/t23-,24?,31?/m0/s1. The molecule has 39 heavy (non-hydrogen) atoms. The number of amides is 1.